The molecule has 3 aromatic heterocycles. The first-order valence-corrected chi connectivity index (χ1v) is 18.7. The van der Waals surface area contributed by atoms with Crippen molar-refractivity contribution in [3.05, 3.63) is 223 Å². The molecule has 7 aromatic carbocycles. The molecule has 3 heteroatoms. The van der Waals surface area contributed by atoms with E-state index in [9.17, 15) is 0 Å². The van der Waals surface area contributed by atoms with Crippen LogP contribution in [0.1, 0.15) is 22.3 Å². The van der Waals surface area contributed by atoms with Gasteiger partial charge in [-0.1, -0.05) is 152 Å². The highest BCUT2D eigenvalue weighted by Crippen LogP contribution is 2.56. The second-order valence-corrected chi connectivity index (χ2v) is 14.4. The van der Waals surface area contributed by atoms with E-state index in [-0.39, 0.29) is 0 Å². The van der Waals surface area contributed by atoms with Crippen LogP contribution in [-0.2, 0) is 5.41 Å². The van der Waals surface area contributed by atoms with Gasteiger partial charge < -0.3 is 0 Å². The molecule has 10 aromatic rings. The van der Waals surface area contributed by atoms with Crippen molar-refractivity contribution in [3.63, 3.8) is 0 Å². The molecule has 3 heterocycles. The number of fused-ring (bicyclic) bond motifs is 7. The van der Waals surface area contributed by atoms with Gasteiger partial charge in [0, 0.05) is 34.3 Å². The third kappa shape index (κ3) is 4.94. The van der Waals surface area contributed by atoms with E-state index in [1.54, 1.807) is 0 Å². The lowest BCUT2D eigenvalue weighted by Gasteiger charge is -2.33. The van der Waals surface area contributed by atoms with Crippen molar-refractivity contribution in [1.82, 2.24) is 15.0 Å². The van der Waals surface area contributed by atoms with Crippen molar-refractivity contribution in [1.29, 1.82) is 0 Å². The Labute approximate surface area is 319 Å². The van der Waals surface area contributed by atoms with E-state index in [1.807, 2.05) is 18.5 Å². The summed E-state index contributed by atoms with van der Waals surface area (Å²) in [6.07, 6.45) is 3.89. The summed E-state index contributed by atoms with van der Waals surface area (Å²) in [5.74, 6) is 0. The third-order valence-electron chi connectivity index (χ3n) is 11.4. The maximum Gasteiger partial charge on any atom is 0.0972 e. The predicted octanol–water partition coefficient (Wildman–Crippen LogP) is 12.7. The van der Waals surface area contributed by atoms with E-state index in [2.05, 4.69) is 187 Å². The molecule has 0 spiro atoms. The minimum atomic E-state index is -0.505. The van der Waals surface area contributed by atoms with Gasteiger partial charge in [-0.3, -0.25) is 4.98 Å². The van der Waals surface area contributed by atoms with Gasteiger partial charge in [0.1, 0.15) is 0 Å². The summed E-state index contributed by atoms with van der Waals surface area (Å²) in [5.41, 5.74) is 15.1. The van der Waals surface area contributed by atoms with Crippen molar-refractivity contribution < 1.29 is 0 Å². The smallest absolute Gasteiger partial charge is 0.0972 e. The number of pyridine rings is 3. The summed E-state index contributed by atoms with van der Waals surface area (Å²) in [5, 5.41) is 4.57. The normalized spacial score (nSPS) is 14.6. The molecular formula is C52H33N3. The van der Waals surface area contributed by atoms with Crippen LogP contribution in [0.3, 0.4) is 0 Å². The molecule has 11 rings (SSSR count). The van der Waals surface area contributed by atoms with E-state index in [4.69, 9.17) is 9.97 Å². The van der Waals surface area contributed by atoms with E-state index in [0.717, 1.165) is 61.0 Å². The SMILES string of the molecule is c1ccc(C2(c3cccnc3)c3ccccc3-c3ccc(-c4cccc(-c5ccc6ccc7ccc(-c8ccc9ccccc9c8)nc7c6n5)c4)cc32)cc1. The number of nitrogens with zero attached hydrogens (tertiary/aromatic N) is 3. The molecule has 1 aliphatic carbocycles. The van der Waals surface area contributed by atoms with Gasteiger partial charge in [-0.05, 0) is 91.7 Å². The van der Waals surface area contributed by atoms with E-state index < -0.39 is 5.41 Å². The minimum Gasteiger partial charge on any atom is -0.264 e. The highest BCUT2D eigenvalue weighted by atomic mass is 14.8. The van der Waals surface area contributed by atoms with Crippen LogP contribution < -0.4 is 0 Å². The number of aromatic nitrogens is 3. The Balaban J connectivity index is 1.04. The Morgan fingerprint density at radius 2 is 0.945 bits per heavy atom. The first-order valence-electron chi connectivity index (χ1n) is 18.7. The van der Waals surface area contributed by atoms with E-state index in [1.165, 1.54) is 38.6 Å². The van der Waals surface area contributed by atoms with Crippen molar-refractivity contribution in [2.45, 2.75) is 5.41 Å². The first-order chi connectivity index (χ1) is 27.2. The van der Waals surface area contributed by atoms with Crippen LogP contribution in [0.5, 0.6) is 0 Å². The Kier molecular flexibility index (Phi) is 7.08. The zero-order valence-electron chi connectivity index (χ0n) is 29.9. The maximum absolute atomic E-state index is 5.31. The summed E-state index contributed by atoms with van der Waals surface area (Å²) in [7, 11) is 0. The summed E-state index contributed by atoms with van der Waals surface area (Å²) in [4.78, 5) is 15.2. The molecule has 256 valence electrons. The fraction of sp³-hybridized carbons (Fsp3) is 0.0192. The average Bonchev–Trinajstić information content (AvgIpc) is 3.57. The zero-order chi connectivity index (χ0) is 36.3. The highest BCUT2D eigenvalue weighted by Gasteiger charge is 2.46. The second-order valence-electron chi connectivity index (χ2n) is 14.4. The van der Waals surface area contributed by atoms with Crippen molar-refractivity contribution in [2.75, 3.05) is 0 Å². The van der Waals surface area contributed by atoms with Crippen LogP contribution in [-0.4, -0.2) is 15.0 Å². The molecule has 0 bridgehead atoms. The molecule has 0 radical (unpaired) electrons. The monoisotopic (exact) mass is 699 g/mol. The number of benzene rings is 7. The summed E-state index contributed by atoms with van der Waals surface area (Å²) in [6.45, 7) is 0. The number of hydrogen-bond acceptors (Lipinski definition) is 3. The minimum absolute atomic E-state index is 0.505. The van der Waals surface area contributed by atoms with Gasteiger partial charge in [0.25, 0.3) is 0 Å². The van der Waals surface area contributed by atoms with Crippen molar-refractivity contribution in [2.24, 2.45) is 0 Å². The zero-order valence-corrected chi connectivity index (χ0v) is 29.9. The van der Waals surface area contributed by atoms with Crippen molar-refractivity contribution in [3.8, 4) is 44.8 Å². The van der Waals surface area contributed by atoms with Crippen LogP contribution in [0.15, 0.2) is 200 Å². The quantitative estimate of drug-likeness (QED) is 0.168. The summed E-state index contributed by atoms with van der Waals surface area (Å²) in [6, 6.07) is 67.6. The van der Waals surface area contributed by atoms with Crippen molar-refractivity contribution >= 4 is 32.6 Å². The highest BCUT2D eigenvalue weighted by molar-refractivity contribution is 6.04. The van der Waals surface area contributed by atoms with E-state index >= 15 is 0 Å². The first kappa shape index (κ1) is 31.3. The van der Waals surface area contributed by atoms with Gasteiger partial charge in [0.2, 0.25) is 0 Å². The standard InChI is InChI=1S/C52H33N3/c1-2-14-42(15-3-1)52(43-16-9-29-53-33-43)46-18-7-6-17-44(46)45-26-23-39(32-47(45)52)38-12-8-13-40(31-38)48-27-24-35-20-21-36-25-28-49(55-51(36)50(35)54-48)41-22-19-34-10-4-5-11-37(34)30-41/h1-33H. The molecule has 0 fully saturated rings. The molecule has 0 aliphatic heterocycles. The van der Waals surface area contributed by atoms with Crippen LogP contribution in [0, 0.1) is 0 Å². The lowest BCUT2D eigenvalue weighted by atomic mass is 9.68. The van der Waals surface area contributed by atoms with Gasteiger partial charge in [0.15, 0.2) is 0 Å². The fourth-order valence-corrected chi connectivity index (χ4v) is 8.82. The predicted molar refractivity (Wildman–Crippen MR) is 226 cm³/mol. The molecule has 55 heavy (non-hydrogen) atoms. The largest absolute Gasteiger partial charge is 0.264 e. The topological polar surface area (TPSA) is 38.7 Å². The molecule has 3 nitrogen and oxygen atoms in total. The number of rotatable bonds is 5. The molecule has 0 saturated carbocycles. The van der Waals surface area contributed by atoms with Crippen LogP contribution in [0.25, 0.3) is 77.3 Å². The molecule has 0 N–H and O–H groups in total. The summed E-state index contributed by atoms with van der Waals surface area (Å²) >= 11 is 0. The van der Waals surface area contributed by atoms with Gasteiger partial charge in [-0.25, -0.2) is 9.97 Å². The van der Waals surface area contributed by atoms with Gasteiger partial charge in [-0.15, -0.1) is 0 Å². The Morgan fingerprint density at radius 1 is 0.345 bits per heavy atom. The molecule has 0 amide bonds. The lowest BCUT2D eigenvalue weighted by molar-refractivity contribution is 0.763. The Hall–Kier alpha value is -7.23. The van der Waals surface area contributed by atoms with Gasteiger partial charge in [0.05, 0.1) is 27.8 Å². The Morgan fingerprint density at radius 3 is 1.73 bits per heavy atom. The second kappa shape index (κ2) is 12.4. The van der Waals surface area contributed by atoms with Gasteiger partial charge >= 0.3 is 0 Å². The molecule has 1 aliphatic rings. The summed E-state index contributed by atoms with van der Waals surface area (Å²) < 4.78 is 0. The average molecular weight is 700 g/mol. The van der Waals surface area contributed by atoms with Crippen LogP contribution >= 0.6 is 0 Å². The fourth-order valence-electron chi connectivity index (χ4n) is 8.82. The molecule has 1 unspecified atom stereocenters. The van der Waals surface area contributed by atoms with Gasteiger partial charge in [-0.2, -0.15) is 0 Å². The van der Waals surface area contributed by atoms with Crippen LogP contribution in [0.2, 0.25) is 0 Å². The Bertz CT molecular complexity index is 3060. The molecule has 1 atom stereocenters. The lowest BCUT2D eigenvalue weighted by Crippen LogP contribution is -2.28. The number of hydrogen-bond donors (Lipinski definition) is 0. The third-order valence-corrected chi connectivity index (χ3v) is 11.4. The molecular weight excluding hydrogens is 667 g/mol. The molecule has 0 saturated heterocycles. The van der Waals surface area contributed by atoms with Crippen LogP contribution in [0.4, 0.5) is 0 Å². The van der Waals surface area contributed by atoms with E-state index in [0.29, 0.717) is 0 Å². The maximum atomic E-state index is 5.31.